The molecule has 18 heavy (non-hydrogen) atoms. The van der Waals surface area contributed by atoms with Gasteiger partial charge in [-0.15, -0.1) is 0 Å². The lowest BCUT2D eigenvalue weighted by atomic mass is 10.0. The van der Waals surface area contributed by atoms with E-state index < -0.39 is 0 Å². The van der Waals surface area contributed by atoms with Gasteiger partial charge in [0.05, 0.1) is 8.95 Å². The van der Waals surface area contributed by atoms with Crippen molar-refractivity contribution in [2.24, 2.45) is 0 Å². The molecule has 0 bridgehead atoms. The Hall–Kier alpha value is 0.420. The van der Waals surface area contributed by atoms with Crippen LogP contribution >= 0.6 is 47.8 Å². The van der Waals surface area contributed by atoms with Crippen LogP contribution in [0.3, 0.4) is 0 Å². The monoisotopic (exact) mass is 441 g/mol. The normalized spacial score (nSPS) is 11.7. The van der Waals surface area contributed by atoms with Gasteiger partial charge in [0, 0.05) is 16.6 Å². The van der Waals surface area contributed by atoms with Gasteiger partial charge >= 0.3 is 0 Å². The molecular formula is C13H18Br3NO. The zero-order valence-corrected chi connectivity index (χ0v) is 15.6. The SMILES string of the molecule is CCC(C)(C)NCCOc1c(Br)cc(Br)cc1Br. The van der Waals surface area contributed by atoms with E-state index in [-0.39, 0.29) is 5.54 Å². The lowest BCUT2D eigenvalue weighted by Crippen LogP contribution is -2.40. The molecule has 0 heterocycles. The fraction of sp³-hybridized carbons (Fsp3) is 0.538. The summed E-state index contributed by atoms with van der Waals surface area (Å²) in [5, 5.41) is 3.46. The molecule has 102 valence electrons. The summed E-state index contributed by atoms with van der Waals surface area (Å²) in [5.41, 5.74) is 0.164. The van der Waals surface area contributed by atoms with Crippen molar-refractivity contribution < 1.29 is 4.74 Å². The number of halogens is 3. The summed E-state index contributed by atoms with van der Waals surface area (Å²) in [6.45, 7) is 8.03. The molecule has 0 saturated heterocycles. The predicted octanol–water partition coefficient (Wildman–Crippen LogP) is 5.13. The molecular weight excluding hydrogens is 426 g/mol. The molecule has 0 aliphatic heterocycles. The number of hydrogen-bond acceptors (Lipinski definition) is 2. The third-order valence-corrected chi connectivity index (χ3v) is 4.43. The fourth-order valence-corrected chi connectivity index (χ4v) is 3.82. The maximum Gasteiger partial charge on any atom is 0.147 e. The van der Waals surface area contributed by atoms with E-state index in [2.05, 4.69) is 73.9 Å². The van der Waals surface area contributed by atoms with E-state index in [0.717, 1.165) is 32.1 Å². The van der Waals surface area contributed by atoms with Gasteiger partial charge in [-0.25, -0.2) is 0 Å². The second-order valence-corrected chi connectivity index (χ2v) is 7.34. The van der Waals surface area contributed by atoms with E-state index in [1.165, 1.54) is 0 Å². The average Bonchev–Trinajstić information content (AvgIpc) is 2.26. The van der Waals surface area contributed by atoms with Gasteiger partial charge in [0.15, 0.2) is 0 Å². The van der Waals surface area contributed by atoms with Crippen LogP contribution in [0.15, 0.2) is 25.6 Å². The number of hydrogen-bond donors (Lipinski definition) is 1. The highest BCUT2D eigenvalue weighted by Crippen LogP contribution is 2.36. The summed E-state index contributed by atoms with van der Waals surface area (Å²) < 4.78 is 8.68. The molecule has 0 radical (unpaired) electrons. The highest BCUT2D eigenvalue weighted by molar-refractivity contribution is 9.11. The van der Waals surface area contributed by atoms with Gasteiger partial charge in [0.1, 0.15) is 12.4 Å². The van der Waals surface area contributed by atoms with Crippen LogP contribution in [0.4, 0.5) is 0 Å². The highest BCUT2D eigenvalue weighted by atomic mass is 79.9. The third kappa shape index (κ3) is 5.19. The van der Waals surface area contributed by atoms with E-state index >= 15 is 0 Å². The molecule has 1 rings (SSSR count). The summed E-state index contributed by atoms with van der Waals surface area (Å²) in [5.74, 6) is 0.842. The van der Waals surface area contributed by atoms with Crippen molar-refractivity contribution in [1.29, 1.82) is 0 Å². The van der Waals surface area contributed by atoms with Crippen LogP contribution in [0.1, 0.15) is 27.2 Å². The average molecular weight is 444 g/mol. The number of ether oxygens (including phenoxy) is 1. The molecule has 1 aromatic rings. The Balaban J connectivity index is 2.50. The van der Waals surface area contributed by atoms with Crippen molar-refractivity contribution >= 4 is 47.8 Å². The quantitative estimate of drug-likeness (QED) is 0.615. The molecule has 0 unspecified atom stereocenters. The molecule has 0 saturated carbocycles. The second-order valence-electron chi connectivity index (χ2n) is 4.71. The Morgan fingerprint density at radius 1 is 1.17 bits per heavy atom. The lowest BCUT2D eigenvalue weighted by Gasteiger charge is -2.24. The lowest BCUT2D eigenvalue weighted by molar-refractivity contribution is 0.278. The van der Waals surface area contributed by atoms with Gasteiger partial charge in [-0.3, -0.25) is 0 Å². The molecule has 0 aliphatic carbocycles. The topological polar surface area (TPSA) is 21.3 Å². The van der Waals surface area contributed by atoms with Gasteiger partial charge < -0.3 is 10.1 Å². The maximum atomic E-state index is 5.79. The first-order chi connectivity index (χ1) is 8.35. The Kier molecular flexibility index (Phi) is 6.65. The number of benzene rings is 1. The first kappa shape index (κ1) is 16.5. The van der Waals surface area contributed by atoms with Gasteiger partial charge in [-0.2, -0.15) is 0 Å². The van der Waals surface area contributed by atoms with Crippen molar-refractivity contribution in [3.63, 3.8) is 0 Å². The first-order valence-corrected chi connectivity index (χ1v) is 8.26. The highest BCUT2D eigenvalue weighted by Gasteiger charge is 2.13. The largest absolute Gasteiger partial charge is 0.490 e. The van der Waals surface area contributed by atoms with Crippen LogP contribution in [0.2, 0.25) is 0 Å². The fourth-order valence-electron chi connectivity index (χ4n) is 1.33. The van der Waals surface area contributed by atoms with Crippen LogP contribution in [0, 0.1) is 0 Å². The van der Waals surface area contributed by atoms with E-state index in [1.807, 2.05) is 12.1 Å². The third-order valence-electron chi connectivity index (χ3n) is 2.80. The second kappa shape index (κ2) is 7.27. The Labute approximate surface area is 134 Å². The molecule has 0 atom stereocenters. The van der Waals surface area contributed by atoms with Crippen molar-refractivity contribution in [1.82, 2.24) is 5.32 Å². The van der Waals surface area contributed by atoms with Crippen molar-refractivity contribution in [2.75, 3.05) is 13.2 Å². The van der Waals surface area contributed by atoms with Crippen LogP contribution in [-0.4, -0.2) is 18.7 Å². The number of nitrogens with one attached hydrogen (secondary N) is 1. The van der Waals surface area contributed by atoms with E-state index in [0.29, 0.717) is 6.61 Å². The summed E-state index contributed by atoms with van der Waals surface area (Å²) in [6, 6.07) is 3.95. The molecule has 0 aliphatic rings. The molecule has 0 fully saturated rings. The molecule has 2 nitrogen and oxygen atoms in total. The summed E-state index contributed by atoms with van der Waals surface area (Å²) >= 11 is 10.4. The minimum absolute atomic E-state index is 0.164. The molecule has 1 aromatic carbocycles. The van der Waals surface area contributed by atoms with E-state index in [1.54, 1.807) is 0 Å². The van der Waals surface area contributed by atoms with Gasteiger partial charge in [-0.05, 0) is 64.3 Å². The molecule has 1 N–H and O–H groups in total. The predicted molar refractivity (Wildman–Crippen MR) is 87.4 cm³/mol. The smallest absolute Gasteiger partial charge is 0.147 e. The zero-order chi connectivity index (χ0) is 13.8. The molecule has 5 heteroatoms. The van der Waals surface area contributed by atoms with Crippen LogP contribution < -0.4 is 10.1 Å². The van der Waals surface area contributed by atoms with Crippen molar-refractivity contribution in [2.45, 2.75) is 32.7 Å². The van der Waals surface area contributed by atoms with Crippen LogP contribution in [0.25, 0.3) is 0 Å². The zero-order valence-electron chi connectivity index (χ0n) is 10.8. The molecule has 0 amide bonds. The Morgan fingerprint density at radius 3 is 2.22 bits per heavy atom. The van der Waals surface area contributed by atoms with Crippen LogP contribution in [-0.2, 0) is 0 Å². The maximum absolute atomic E-state index is 5.79. The van der Waals surface area contributed by atoms with Gasteiger partial charge in [-0.1, -0.05) is 22.9 Å². The van der Waals surface area contributed by atoms with Crippen molar-refractivity contribution in [3.05, 3.63) is 25.6 Å². The number of rotatable bonds is 6. The first-order valence-electron chi connectivity index (χ1n) is 5.88. The summed E-state index contributed by atoms with van der Waals surface area (Å²) in [7, 11) is 0. The van der Waals surface area contributed by atoms with Crippen LogP contribution in [0.5, 0.6) is 5.75 Å². The Bertz CT molecular complexity index is 384. The minimum Gasteiger partial charge on any atom is -0.490 e. The summed E-state index contributed by atoms with van der Waals surface area (Å²) in [6.07, 6.45) is 1.10. The van der Waals surface area contributed by atoms with E-state index in [9.17, 15) is 0 Å². The summed E-state index contributed by atoms with van der Waals surface area (Å²) in [4.78, 5) is 0. The van der Waals surface area contributed by atoms with Crippen molar-refractivity contribution in [3.8, 4) is 5.75 Å². The standard InChI is InChI=1S/C13H18Br3NO/c1-4-13(2,3)17-5-6-18-12-10(15)7-9(14)8-11(12)16/h7-8,17H,4-6H2,1-3H3. The Morgan fingerprint density at radius 2 is 1.72 bits per heavy atom. The molecule has 0 spiro atoms. The van der Waals surface area contributed by atoms with Gasteiger partial charge in [0.2, 0.25) is 0 Å². The minimum atomic E-state index is 0.164. The van der Waals surface area contributed by atoms with Gasteiger partial charge in [0.25, 0.3) is 0 Å². The molecule has 0 aromatic heterocycles. The van der Waals surface area contributed by atoms with E-state index in [4.69, 9.17) is 4.74 Å².